The van der Waals surface area contributed by atoms with Gasteiger partial charge < -0.3 is 14.2 Å². The summed E-state index contributed by atoms with van der Waals surface area (Å²) in [5, 5.41) is 0.732. The van der Waals surface area contributed by atoms with Crippen molar-refractivity contribution >= 4 is 15.9 Å². The Bertz CT molecular complexity index is 554. The van der Waals surface area contributed by atoms with Crippen LogP contribution in [0.2, 0.25) is 0 Å². The molecule has 0 spiro atoms. The Kier molecular flexibility index (Phi) is 6.08. The number of rotatable bonds is 7. The van der Waals surface area contributed by atoms with E-state index < -0.39 is 0 Å². The van der Waals surface area contributed by atoms with Crippen molar-refractivity contribution in [3.05, 3.63) is 59.7 Å². The largest absolute Gasteiger partial charge is 0.497 e. The fourth-order valence-corrected chi connectivity index (χ4v) is 2.55. The van der Waals surface area contributed by atoms with Crippen LogP contribution in [0.4, 0.5) is 0 Å². The molecule has 112 valence electrons. The molecule has 0 saturated heterocycles. The molecular formula is C17H19BrO3. The number of alkyl halides is 1. The second-order valence-electron chi connectivity index (χ2n) is 4.58. The Morgan fingerprint density at radius 3 is 2.29 bits per heavy atom. The van der Waals surface area contributed by atoms with Gasteiger partial charge in [0.05, 0.1) is 26.9 Å². The molecule has 0 bridgehead atoms. The lowest BCUT2D eigenvalue weighted by molar-refractivity contribution is 0.0564. The van der Waals surface area contributed by atoms with Crippen LogP contribution in [-0.2, 0) is 11.3 Å². The summed E-state index contributed by atoms with van der Waals surface area (Å²) in [6.07, 6.45) is -0.0119. The molecule has 4 heteroatoms. The summed E-state index contributed by atoms with van der Waals surface area (Å²) in [5.74, 6) is 1.69. The summed E-state index contributed by atoms with van der Waals surface area (Å²) < 4.78 is 16.4. The van der Waals surface area contributed by atoms with Crippen molar-refractivity contribution in [3.63, 3.8) is 0 Å². The van der Waals surface area contributed by atoms with E-state index in [9.17, 15) is 0 Å². The van der Waals surface area contributed by atoms with Crippen LogP contribution >= 0.6 is 15.9 Å². The van der Waals surface area contributed by atoms with Crippen LogP contribution in [0.1, 0.15) is 17.2 Å². The molecule has 0 radical (unpaired) electrons. The SMILES string of the molecule is COc1ccc(COC(CBr)c2cccc(OC)c2)cc1. The number of hydrogen-bond donors (Lipinski definition) is 0. The van der Waals surface area contributed by atoms with Crippen molar-refractivity contribution in [1.82, 2.24) is 0 Å². The lowest BCUT2D eigenvalue weighted by Crippen LogP contribution is -2.06. The van der Waals surface area contributed by atoms with E-state index in [4.69, 9.17) is 14.2 Å². The summed E-state index contributed by atoms with van der Waals surface area (Å²) in [6, 6.07) is 15.8. The van der Waals surface area contributed by atoms with E-state index in [1.165, 1.54) is 0 Å². The average Bonchev–Trinajstić information content (AvgIpc) is 2.56. The summed E-state index contributed by atoms with van der Waals surface area (Å²) in [5.41, 5.74) is 2.21. The van der Waals surface area contributed by atoms with Gasteiger partial charge in [-0.3, -0.25) is 0 Å². The van der Waals surface area contributed by atoms with E-state index in [0.29, 0.717) is 6.61 Å². The molecule has 0 aliphatic carbocycles. The molecule has 2 rings (SSSR count). The number of hydrogen-bond acceptors (Lipinski definition) is 3. The fourth-order valence-electron chi connectivity index (χ4n) is 1.99. The summed E-state index contributed by atoms with van der Waals surface area (Å²) >= 11 is 3.51. The van der Waals surface area contributed by atoms with Crippen LogP contribution < -0.4 is 9.47 Å². The van der Waals surface area contributed by atoms with Crippen molar-refractivity contribution in [2.24, 2.45) is 0 Å². The van der Waals surface area contributed by atoms with E-state index in [1.54, 1.807) is 14.2 Å². The first-order chi connectivity index (χ1) is 10.3. The molecule has 0 N–H and O–H groups in total. The topological polar surface area (TPSA) is 27.7 Å². The highest BCUT2D eigenvalue weighted by Crippen LogP contribution is 2.25. The van der Waals surface area contributed by atoms with Gasteiger partial charge in [-0.05, 0) is 35.4 Å². The maximum atomic E-state index is 5.99. The van der Waals surface area contributed by atoms with E-state index in [1.807, 2.05) is 48.5 Å². The Morgan fingerprint density at radius 1 is 0.952 bits per heavy atom. The fraction of sp³-hybridized carbons (Fsp3) is 0.294. The van der Waals surface area contributed by atoms with E-state index in [2.05, 4.69) is 15.9 Å². The Hall–Kier alpha value is -1.52. The molecule has 0 aliphatic rings. The molecule has 0 aliphatic heterocycles. The van der Waals surface area contributed by atoms with Crippen molar-refractivity contribution in [3.8, 4) is 11.5 Å². The molecule has 0 aromatic heterocycles. The minimum atomic E-state index is -0.0119. The first-order valence-corrected chi connectivity index (χ1v) is 7.83. The lowest BCUT2D eigenvalue weighted by atomic mass is 10.1. The zero-order chi connectivity index (χ0) is 15.1. The third-order valence-electron chi connectivity index (χ3n) is 3.22. The molecule has 0 fully saturated rings. The van der Waals surface area contributed by atoms with Crippen LogP contribution in [0.3, 0.4) is 0 Å². The van der Waals surface area contributed by atoms with Crippen molar-refractivity contribution in [1.29, 1.82) is 0 Å². The number of benzene rings is 2. The van der Waals surface area contributed by atoms with E-state index >= 15 is 0 Å². The van der Waals surface area contributed by atoms with Gasteiger partial charge in [-0.25, -0.2) is 0 Å². The van der Waals surface area contributed by atoms with Crippen molar-refractivity contribution in [2.75, 3.05) is 19.5 Å². The Balaban J connectivity index is 2.01. The van der Waals surface area contributed by atoms with Crippen molar-refractivity contribution < 1.29 is 14.2 Å². The smallest absolute Gasteiger partial charge is 0.119 e. The quantitative estimate of drug-likeness (QED) is 0.694. The van der Waals surface area contributed by atoms with Crippen LogP contribution in [-0.4, -0.2) is 19.5 Å². The molecule has 21 heavy (non-hydrogen) atoms. The highest BCUT2D eigenvalue weighted by atomic mass is 79.9. The summed E-state index contributed by atoms with van der Waals surface area (Å²) in [6.45, 7) is 0.553. The van der Waals surface area contributed by atoms with Crippen LogP contribution in [0.15, 0.2) is 48.5 Å². The molecule has 0 amide bonds. The van der Waals surface area contributed by atoms with Crippen LogP contribution in [0, 0.1) is 0 Å². The predicted octanol–water partition coefficient (Wildman–Crippen LogP) is 4.36. The van der Waals surface area contributed by atoms with Gasteiger partial charge in [-0.2, -0.15) is 0 Å². The van der Waals surface area contributed by atoms with Crippen molar-refractivity contribution in [2.45, 2.75) is 12.7 Å². The third-order valence-corrected chi connectivity index (χ3v) is 3.80. The van der Waals surface area contributed by atoms with Crippen LogP contribution in [0.25, 0.3) is 0 Å². The number of methoxy groups -OCH3 is 2. The zero-order valence-corrected chi connectivity index (χ0v) is 13.8. The van der Waals surface area contributed by atoms with Gasteiger partial charge in [0.2, 0.25) is 0 Å². The zero-order valence-electron chi connectivity index (χ0n) is 12.2. The van der Waals surface area contributed by atoms with Crippen LogP contribution in [0.5, 0.6) is 11.5 Å². The van der Waals surface area contributed by atoms with Gasteiger partial charge in [0.25, 0.3) is 0 Å². The maximum absolute atomic E-state index is 5.99. The monoisotopic (exact) mass is 350 g/mol. The standard InChI is InChI=1S/C17H19BrO3/c1-19-15-8-6-13(7-9-15)12-21-17(11-18)14-4-3-5-16(10-14)20-2/h3-10,17H,11-12H2,1-2H3. The molecular weight excluding hydrogens is 332 g/mol. The molecule has 0 saturated carbocycles. The van der Waals surface area contributed by atoms with Gasteiger partial charge >= 0.3 is 0 Å². The number of halogens is 1. The Morgan fingerprint density at radius 2 is 1.67 bits per heavy atom. The van der Waals surface area contributed by atoms with Gasteiger partial charge in [0, 0.05) is 5.33 Å². The minimum absolute atomic E-state index is 0.0119. The number of ether oxygens (including phenoxy) is 3. The summed E-state index contributed by atoms with van der Waals surface area (Å²) in [4.78, 5) is 0. The lowest BCUT2D eigenvalue weighted by Gasteiger charge is -2.17. The molecule has 2 aromatic carbocycles. The normalized spacial score (nSPS) is 12.0. The second-order valence-corrected chi connectivity index (χ2v) is 5.23. The average molecular weight is 351 g/mol. The predicted molar refractivity (Wildman–Crippen MR) is 87.3 cm³/mol. The molecule has 1 atom stereocenters. The highest BCUT2D eigenvalue weighted by molar-refractivity contribution is 9.09. The summed E-state index contributed by atoms with van der Waals surface area (Å²) in [7, 11) is 3.33. The van der Waals surface area contributed by atoms with Gasteiger partial charge in [0.1, 0.15) is 11.5 Å². The highest BCUT2D eigenvalue weighted by Gasteiger charge is 2.11. The molecule has 1 unspecified atom stereocenters. The molecule has 0 heterocycles. The van der Waals surface area contributed by atoms with E-state index in [-0.39, 0.29) is 6.10 Å². The second kappa shape index (κ2) is 8.05. The van der Waals surface area contributed by atoms with E-state index in [0.717, 1.165) is 28.0 Å². The van der Waals surface area contributed by atoms with Gasteiger partial charge in [-0.1, -0.05) is 40.2 Å². The molecule has 3 nitrogen and oxygen atoms in total. The first-order valence-electron chi connectivity index (χ1n) is 6.71. The maximum Gasteiger partial charge on any atom is 0.119 e. The molecule has 2 aromatic rings. The van der Waals surface area contributed by atoms with Gasteiger partial charge in [-0.15, -0.1) is 0 Å². The first kappa shape index (κ1) is 15.9. The minimum Gasteiger partial charge on any atom is -0.497 e. The third kappa shape index (κ3) is 4.48. The Labute approximate surface area is 134 Å². The van der Waals surface area contributed by atoms with Gasteiger partial charge in [0.15, 0.2) is 0 Å².